The molecule has 12 nitrogen and oxygen atoms in total. The van der Waals surface area contributed by atoms with E-state index in [4.69, 9.17) is 28.4 Å². The van der Waals surface area contributed by atoms with Crippen molar-refractivity contribution in [1.29, 1.82) is 0 Å². The number of esters is 5. The van der Waals surface area contributed by atoms with E-state index in [1.807, 2.05) is 30.5 Å². The number of benzene rings is 1. The molecule has 1 aromatic heterocycles. The maximum absolute atomic E-state index is 13.0. The zero-order chi connectivity index (χ0) is 29.9. The Balaban J connectivity index is 1.88. The highest BCUT2D eigenvalue weighted by Gasteiger charge is 2.54. The molecule has 1 aliphatic heterocycles. The largest absolute Gasteiger partial charge is 0.463 e. The summed E-state index contributed by atoms with van der Waals surface area (Å²) in [4.78, 5) is 65.3. The van der Waals surface area contributed by atoms with Crippen molar-refractivity contribution in [3.8, 4) is 0 Å². The molecule has 0 spiro atoms. The molecule has 0 aliphatic carbocycles. The third kappa shape index (κ3) is 8.53. The van der Waals surface area contributed by atoms with Crippen molar-refractivity contribution in [3.05, 3.63) is 36.0 Å². The first kappa shape index (κ1) is 31.6. The molecule has 1 aromatic carbocycles. The van der Waals surface area contributed by atoms with E-state index in [0.29, 0.717) is 6.42 Å². The SMILES string of the molecule is CCC(=O)OC[C@H]1O[C@@H](OC(=O)CCc2c[nH]c3ccccc23)[C@H](OC(=O)CC)[C@@H](OC(=O)CC)[C@@H]1OC(=O)CC. The van der Waals surface area contributed by atoms with Crippen LogP contribution >= 0.6 is 0 Å². The quantitative estimate of drug-likeness (QED) is 0.276. The van der Waals surface area contributed by atoms with Gasteiger partial charge >= 0.3 is 29.8 Å². The van der Waals surface area contributed by atoms with Crippen molar-refractivity contribution < 1.29 is 52.4 Å². The van der Waals surface area contributed by atoms with Gasteiger partial charge < -0.3 is 33.4 Å². The van der Waals surface area contributed by atoms with Crippen molar-refractivity contribution >= 4 is 40.7 Å². The standard InChI is InChI=1S/C29H37NO11/c1-5-21(31)36-16-20-26(38-22(32)6-2)27(39-23(33)7-3)28(40-24(34)8-4)29(37-20)41-25(35)14-13-17-15-30-19-12-10-9-11-18(17)19/h9-12,15,20,26-30H,5-8,13-14,16H2,1-4H3/t20-,26-,27+,28-,29+/m1/s1. The van der Waals surface area contributed by atoms with E-state index in [9.17, 15) is 24.0 Å². The lowest BCUT2D eigenvalue weighted by molar-refractivity contribution is -0.301. The molecule has 0 saturated carbocycles. The number of nitrogens with one attached hydrogen (secondary N) is 1. The minimum Gasteiger partial charge on any atom is -0.463 e. The summed E-state index contributed by atoms with van der Waals surface area (Å²) in [6.07, 6.45) is -4.82. The average Bonchev–Trinajstić information content (AvgIpc) is 3.40. The number of aryl methyl sites for hydroxylation is 1. The normalized spacial score (nSPS) is 22.0. The molecule has 2 aromatic rings. The minimum absolute atomic E-state index is 0.0158. The van der Waals surface area contributed by atoms with E-state index < -0.39 is 67.2 Å². The molecule has 12 heteroatoms. The number of aromatic nitrogens is 1. The van der Waals surface area contributed by atoms with E-state index in [1.165, 1.54) is 0 Å². The number of rotatable bonds is 13. The fraction of sp³-hybridized carbons (Fsp3) is 0.552. The first-order valence-electron chi connectivity index (χ1n) is 13.8. The lowest BCUT2D eigenvalue weighted by atomic mass is 9.98. The van der Waals surface area contributed by atoms with Crippen LogP contribution in [-0.4, -0.2) is 72.1 Å². The summed E-state index contributed by atoms with van der Waals surface area (Å²) in [5, 5.41) is 0.967. The highest BCUT2D eigenvalue weighted by molar-refractivity contribution is 5.83. The molecule has 224 valence electrons. The van der Waals surface area contributed by atoms with Crippen LogP contribution in [0, 0.1) is 0 Å². The lowest BCUT2D eigenvalue weighted by Gasteiger charge is -2.43. The van der Waals surface area contributed by atoms with E-state index in [-0.39, 0.29) is 32.1 Å². The van der Waals surface area contributed by atoms with Crippen LogP contribution < -0.4 is 0 Å². The highest BCUT2D eigenvalue weighted by Crippen LogP contribution is 2.31. The monoisotopic (exact) mass is 575 g/mol. The lowest BCUT2D eigenvalue weighted by Crippen LogP contribution is -2.63. The maximum Gasteiger partial charge on any atom is 0.308 e. The molecule has 0 radical (unpaired) electrons. The molecule has 5 atom stereocenters. The van der Waals surface area contributed by atoms with Gasteiger partial charge in [-0.1, -0.05) is 45.9 Å². The predicted octanol–water partition coefficient (Wildman–Crippen LogP) is 3.29. The van der Waals surface area contributed by atoms with Gasteiger partial charge in [0.05, 0.1) is 0 Å². The van der Waals surface area contributed by atoms with E-state index in [2.05, 4.69) is 4.98 Å². The zero-order valence-corrected chi connectivity index (χ0v) is 23.7. The van der Waals surface area contributed by atoms with E-state index >= 15 is 0 Å². The van der Waals surface area contributed by atoms with Crippen LogP contribution in [0.5, 0.6) is 0 Å². The van der Waals surface area contributed by atoms with Gasteiger partial charge in [-0.25, -0.2) is 0 Å². The van der Waals surface area contributed by atoms with Gasteiger partial charge in [0.2, 0.25) is 12.4 Å². The molecule has 1 N–H and O–H groups in total. The summed E-state index contributed by atoms with van der Waals surface area (Å²) in [7, 11) is 0. The molecule has 1 aliphatic rings. The zero-order valence-electron chi connectivity index (χ0n) is 23.7. The molecule has 0 amide bonds. The Kier molecular flexibility index (Phi) is 11.7. The number of hydrogen-bond donors (Lipinski definition) is 1. The molecule has 1 fully saturated rings. The summed E-state index contributed by atoms with van der Waals surface area (Å²) in [5.74, 6) is -3.25. The molecular formula is C29H37NO11. The van der Waals surface area contributed by atoms with E-state index in [1.54, 1.807) is 27.7 Å². The fourth-order valence-corrected chi connectivity index (χ4v) is 4.26. The molecule has 41 heavy (non-hydrogen) atoms. The molecule has 3 rings (SSSR count). The van der Waals surface area contributed by atoms with Gasteiger partial charge in [-0.3, -0.25) is 24.0 Å². The van der Waals surface area contributed by atoms with Gasteiger partial charge in [0.1, 0.15) is 12.7 Å². The molecule has 1 saturated heterocycles. The third-order valence-corrected chi connectivity index (χ3v) is 6.48. The van der Waals surface area contributed by atoms with Crippen molar-refractivity contribution in [2.75, 3.05) is 6.61 Å². The number of carbonyl (C=O) groups is 5. The van der Waals surface area contributed by atoms with Crippen LogP contribution in [0.1, 0.15) is 65.4 Å². The van der Waals surface area contributed by atoms with Crippen molar-refractivity contribution in [2.45, 2.75) is 96.9 Å². The van der Waals surface area contributed by atoms with Gasteiger partial charge in [-0.2, -0.15) is 0 Å². The van der Waals surface area contributed by atoms with Crippen LogP contribution in [0.2, 0.25) is 0 Å². The summed E-state index contributed by atoms with van der Waals surface area (Å²) < 4.78 is 33.5. The number of ether oxygens (including phenoxy) is 6. The third-order valence-electron chi connectivity index (χ3n) is 6.48. The second kappa shape index (κ2) is 15.2. The number of aromatic amines is 1. The van der Waals surface area contributed by atoms with Crippen LogP contribution in [0.25, 0.3) is 10.9 Å². The number of hydrogen-bond acceptors (Lipinski definition) is 11. The first-order chi connectivity index (χ1) is 19.7. The van der Waals surface area contributed by atoms with Crippen LogP contribution in [0.4, 0.5) is 0 Å². The van der Waals surface area contributed by atoms with Gasteiger partial charge in [-0.15, -0.1) is 0 Å². The first-order valence-corrected chi connectivity index (χ1v) is 13.8. The number of carbonyl (C=O) groups excluding carboxylic acids is 5. The Hall–Kier alpha value is -3.93. The van der Waals surface area contributed by atoms with Gasteiger partial charge in [0, 0.05) is 49.2 Å². The summed E-state index contributed by atoms with van der Waals surface area (Å²) in [6.45, 7) is 5.89. The van der Waals surface area contributed by atoms with Gasteiger partial charge in [0.15, 0.2) is 12.2 Å². The maximum atomic E-state index is 13.0. The van der Waals surface area contributed by atoms with E-state index in [0.717, 1.165) is 16.5 Å². The van der Waals surface area contributed by atoms with Crippen molar-refractivity contribution in [2.24, 2.45) is 0 Å². The number of fused-ring (bicyclic) bond motifs is 1. The van der Waals surface area contributed by atoms with Crippen molar-refractivity contribution in [3.63, 3.8) is 0 Å². The molecule has 2 heterocycles. The highest BCUT2D eigenvalue weighted by atomic mass is 16.7. The van der Waals surface area contributed by atoms with Gasteiger partial charge in [0.25, 0.3) is 0 Å². The Morgan fingerprint density at radius 1 is 0.732 bits per heavy atom. The molecular weight excluding hydrogens is 538 g/mol. The van der Waals surface area contributed by atoms with Gasteiger partial charge in [-0.05, 0) is 18.1 Å². The second-order valence-corrected chi connectivity index (χ2v) is 9.35. The summed E-state index contributed by atoms with van der Waals surface area (Å²) in [5.41, 5.74) is 1.83. The predicted molar refractivity (Wildman–Crippen MR) is 143 cm³/mol. The van der Waals surface area contributed by atoms with Crippen molar-refractivity contribution in [1.82, 2.24) is 4.98 Å². The average molecular weight is 576 g/mol. The Bertz CT molecular complexity index is 1220. The Labute approximate surface area is 237 Å². The summed E-state index contributed by atoms with van der Waals surface area (Å²) >= 11 is 0. The van der Waals surface area contributed by atoms with Crippen LogP contribution in [-0.2, 0) is 58.8 Å². The van der Waals surface area contributed by atoms with Crippen LogP contribution in [0.15, 0.2) is 30.5 Å². The summed E-state index contributed by atoms with van der Waals surface area (Å²) in [6, 6.07) is 7.65. The Morgan fingerprint density at radius 2 is 1.32 bits per heavy atom. The molecule has 0 bridgehead atoms. The fourth-order valence-electron chi connectivity index (χ4n) is 4.26. The molecule has 0 unspecified atom stereocenters. The number of para-hydroxylation sites is 1. The van der Waals surface area contributed by atoms with Crippen LogP contribution in [0.3, 0.4) is 0 Å². The smallest absolute Gasteiger partial charge is 0.308 e. The minimum atomic E-state index is -1.54. The second-order valence-electron chi connectivity index (χ2n) is 9.35. The number of H-pyrrole nitrogens is 1. The Morgan fingerprint density at radius 3 is 1.95 bits per heavy atom. The topological polar surface area (TPSA) is 157 Å².